The molecule has 0 aliphatic heterocycles. The van der Waals surface area contributed by atoms with Gasteiger partial charge in [-0.2, -0.15) is 0 Å². The predicted molar refractivity (Wildman–Crippen MR) is 106 cm³/mol. The van der Waals surface area contributed by atoms with Crippen LogP contribution in [-0.4, -0.2) is 32.4 Å². The average molecular weight is 406 g/mol. The van der Waals surface area contributed by atoms with Gasteiger partial charge in [0.2, 0.25) is 15.9 Å². The molecule has 0 unspecified atom stereocenters. The lowest BCUT2D eigenvalue weighted by Crippen LogP contribution is -2.41. The summed E-state index contributed by atoms with van der Waals surface area (Å²) < 4.78 is 39.5. The van der Waals surface area contributed by atoms with Gasteiger partial charge in [0, 0.05) is 12.1 Å². The molecule has 1 N–H and O–H groups in total. The van der Waals surface area contributed by atoms with Crippen molar-refractivity contribution in [3.05, 3.63) is 65.0 Å². The number of amides is 1. The van der Waals surface area contributed by atoms with E-state index in [0.29, 0.717) is 22.4 Å². The fourth-order valence-electron chi connectivity index (χ4n) is 2.50. The van der Waals surface area contributed by atoms with Gasteiger partial charge in [0.15, 0.2) is 5.78 Å². The van der Waals surface area contributed by atoms with Gasteiger partial charge in [-0.05, 0) is 62.2 Å². The second-order valence-electron chi connectivity index (χ2n) is 6.37. The molecular formula is C20H23FN2O4S. The molecule has 2 rings (SSSR count). The molecule has 0 bridgehead atoms. The summed E-state index contributed by atoms with van der Waals surface area (Å²) in [6.45, 7) is 4.21. The summed E-state index contributed by atoms with van der Waals surface area (Å²) in [4.78, 5) is 23.7. The molecule has 0 aliphatic carbocycles. The smallest absolute Gasteiger partial charge is 0.241 e. The third kappa shape index (κ3) is 5.39. The van der Waals surface area contributed by atoms with Crippen molar-refractivity contribution >= 4 is 27.4 Å². The lowest BCUT2D eigenvalue weighted by Gasteiger charge is -2.23. The van der Waals surface area contributed by atoms with Crippen LogP contribution in [0.15, 0.2) is 42.5 Å². The third-order valence-electron chi connectivity index (χ3n) is 4.28. The Kier molecular flexibility index (Phi) is 6.90. The number of Topliss-reactive ketones (excluding diaryl/α,β-unsaturated/α-hetero) is 1. The largest absolute Gasteiger partial charge is 0.350 e. The van der Waals surface area contributed by atoms with Gasteiger partial charge < -0.3 is 5.32 Å². The number of nitrogens with zero attached hydrogens (tertiary/aromatic N) is 1. The highest BCUT2D eigenvalue weighted by Gasteiger charge is 2.23. The zero-order chi connectivity index (χ0) is 20.9. The summed E-state index contributed by atoms with van der Waals surface area (Å²) in [5, 5.41) is 2.61. The topological polar surface area (TPSA) is 83.6 Å². The van der Waals surface area contributed by atoms with Crippen LogP contribution in [0.4, 0.5) is 10.1 Å². The molecule has 0 atom stereocenters. The average Bonchev–Trinajstić information content (AvgIpc) is 2.67. The molecule has 0 heterocycles. The Balaban J connectivity index is 2.14. The first-order valence-corrected chi connectivity index (χ1v) is 10.4. The maximum absolute atomic E-state index is 13.6. The molecule has 6 nitrogen and oxygen atoms in total. The Morgan fingerprint density at radius 3 is 2.29 bits per heavy atom. The highest BCUT2D eigenvalue weighted by Crippen LogP contribution is 2.19. The molecule has 0 spiro atoms. The number of sulfonamides is 1. The van der Waals surface area contributed by atoms with Crippen LogP contribution in [0.2, 0.25) is 0 Å². The number of anilines is 1. The number of carbonyl (C=O) groups excluding carboxylic acids is 2. The Morgan fingerprint density at radius 2 is 1.75 bits per heavy atom. The Morgan fingerprint density at radius 1 is 1.11 bits per heavy atom. The highest BCUT2D eigenvalue weighted by molar-refractivity contribution is 7.92. The van der Waals surface area contributed by atoms with Gasteiger partial charge in [-0.1, -0.05) is 12.1 Å². The van der Waals surface area contributed by atoms with Crippen LogP contribution >= 0.6 is 0 Å². The number of carbonyl (C=O) groups is 2. The van der Waals surface area contributed by atoms with Crippen LogP contribution in [0, 0.1) is 12.7 Å². The van der Waals surface area contributed by atoms with E-state index in [-0.39, 0.29) is 23.9 Å². The molecule has 150 valence electrons. The minimum atomic E-state index is -3.71. The summed E-state index contributed by atoms with van der Waals surface area (Å²) in [6.07, 6.45) is 0. The van der Waals surface area contributed by atoms with Crippen LogP contribution in [0.1, 0.15) is 35.3 Å². The molecule has 8 heteroatoms. The lowest BCUT2D eigenvalue weighted by molar-refractivity contribution is -0.119. The van der Waals surface area contributed by atoms with Crippen LogP contribution in [0.25, 0.3) is 0 Å². The van der Waals surface area contributed by atoms with Gasteiger partial charge in [0.25, 0.3) is 0 Å². The van der Waals surface area contributed by atoms with Crippen molar-refractivity contribution in [3.8, 4) is 0 Å². The van der Waals surface area contributed by atoms with Crippen molar-refractivity contribution in [2.45, 2.75) is 27.3 Å². The lowest BCUT2D eigenvalue weighted by atomic mass is 10.1. The van der Waals surface area contributed by atoms with E-state index in [1.165, 1.54) is 44.2 Å². The number of rotatable bonds is 8. The number of nitrogens with one attached hydrogen (secondary N) is 1. The summed E-state index contributed by atoms with van der Waals surface area (Å²) in [6, 6.07) is 10.7. The second-order valence-corrected chi connectivity index (χ2v) is 8.55. The van der Waals surface area contributed by atoms with Crippen molar-refractivity contribution in [3.63, 3.8) is 0 Å². The van der Waals surface area contributed by atoms with Gasteiger partial charge in [-0.15, -0.1) is 0 Å². The van der Waals surface area contributed by atoms with E-state index in [0.717, 1.165) is 4.31 Å². The zero-order valence-electron chi connectivity index (χ0n) is 16.0. The minimum absolute atomic E-state index is 0.0827. The fourth-order valence-corrected chi connectivity index (χ4v) is 3.57. The first kappa shape index (κ1) is 21.6. The van der Waals surface area contributed by atoms with E-state index in [9.17, 15) is 22.4 Å². The molecule has 2 aromatic rings. The minimum Gasteiger partial charge on any atom is -0.350 e. The maximum Gasteiger partial charge on any atom is 0.241 e. The monoisotopic (exact) mass is 406 g/mol. The molecule has 0 radical (unpaired) electrons. The SMILES string of the molecule is CCS(=O)(=O)N(CC(=O)NCc1ccc(C)c(F)c1)c1ccc(C(C)=O)cc1. The quantitative estimate of drug-likeness (QED) is 0.684. The van der Waals surface area contributed by atoms with E-state index in [2.05, 4.69) is 5.32 Å². The normalized spacial score (nSPS) is 11.1. The number of hydrogen-bond acceptors (Lipinski definition) is 4. The van der Waals surface area contributed by atoms with E-state index < -0.39 is 22.5 Å². The second kappa shape index (κ2) is 8.97. The predicted octanol–water partition coefficient (Wildman–Crippen LogP) is 2.81. The Hall–Kier alpha value is -2.74. The number of benzene rings is 2. The van der Waals surface area contributed by atoms with Crippen molar-refractivity contribution in [2.24, 2.45) is 0 Å². The standard InChI is InChI=1S/C20H23FN2O4S/c1-4-28(26,27)23(18-9-7-17(8-10-18)15(3)24)13-20(25)22-12-16-6-5-14(2)19(21)11-16/h5-11H,4,12-13H2,1-3H3,(H,22,25). The summed E-state index contributed by atoms with van der Waals surface area (Å²) >= 11 is 0. The molecule has 0 saturated heterocycles. The molecule has 0 fully saturated rings. The third-order valence-corrected chi connectivity index (χ3v) is 6.02. The number of halogens is 1. The first-order chi connectivity index (χ1) is 13.1. The maximum atomic E-state index is 13.6. The van der Waals surface area contributed by atoms with Crippen molar-refractivity contribution < 1.29 is 22.4 Å². The molecule has 28 heavy (non-hydrogen) atoms. The van der Waals surface area contributed by atoms with Gasteiger partial charge in [0.1, 0.15) is 12.4 Å². The Labute approximate surface area is 164 Å². The van der Waals surface area contributed by atoms with Gasteiger partial charge in [-0.3, -0.25) is 13.9 Å². The molecule has 1 amide bonds. The summed E-state index contributed by atoms with van der Waals surface area (Å²) in [5.41, 5.74) is 1.82. The number of aryl methyl sites for hydroxylation is 1. The highest BCUT2D eigenvalue weighted by atomic mass is 32.2. The van der Waals surface area contributed by atoms with E-state index in [4.69, 9.17) is 0 Å². The number of hydrogen-bond donors (Lipinski definition) is 1. The van der Waals surface area contributed by atoms with Crippen LogP contribution in [0.5, 0.6) is 0 Å². The number of ketones is 1. The molecule has 0 saturated carbocycles. The van der Waals surface area contributed by atoms with E-state index in [1.54, 1.807) is 19.1 Å². The van der Waals surface area contributed by atoms with Gasteiger partial charge >= 0.3 is 0 Å². The summed E-state index contributed by atoms with van der Waals surface area (Å²) in [5.74, 6) is -1.21. The summed E-state index contributed by atoms with van der Waals surface area (Å²) in [7, 11) is -3.71. The molecule has 2 aromatic carbocycles. The van der Waals surface area contributed by atoms with Gasteiger partial charge in [0.05, 0.1) is 11.4 Å². The molecular weight excluding hydrogens is 383 g/mol. The van der Waals surface area contributed by atoms with Crippen molar-refractivity contribution in [1.82, 2.24) is 5.32 Å². The van der Waals surface area contributed by atoms with Gasteiger partial charge in [-0.25, -0.2) is 12.8 Å². The molecule has 0 aromatic heterocycles. The van der Waals surface area contributed by atoms with E-state index >= 15 is 0 Å². The first-order valence-electron chi connectivity index (χ1n) is 8.77. The fraction of sp³-hybridized carbons (Fsp3) is 0.300. The Bertz CT molecular complexity index is 972. The van der Waals surface area contributed by atoms with Crippen molar-refractivity contribution in [1.29, 1.82) is 0 Å². The van der Waals surface area contributed by atoms with Crippen LogP contribution in [-0.2, 0) is 21.4 Å². The van der Waals surface area contributed by atoms with E-state index in [1.807, 2.05) is 0 Å². The van der Waals surface area contributed by atoms with Crippen LogP contribution in [0.3, 0.4) is 0 Å². The van der Waals surface area contributed by atoms with Crippen LogP contribution < -0.4 is 9.62 Å². The van der Waals surface area contributed by atoms with Crippen molar-refractivity contribution in [2.75, 3.05) is 16.6 Å². The zero-order valence-corrected chi connectivity index (χ0v) is 16.8. The molecule has 0 aliphatic rings.